The maximum atomic E-state index is 12.8. The molecule has 2 aliphatic rings. The molecule has 1 saturated heterocycles. The summed E-state index contributed by atoms with van der Waals surface area (Å²) in [6.45, 7) is 1.27. The highest BCUT2D eigenvalue weighted by molar-refractivity contribution is 7.89. The molecule has 0 atom stereocenters. The van der Waals surface area contributed by atoms with Gasteiger partial charge in [-0.05, 0) is 37.1 Å². The van der Waals surface area contributed by atoms with E-state index in [2.05, 4.69) is 20.1 Å². The lowest BCUT2D eigenvalue weighted by Crippen LogP contribution is -2.31. The third kappa shape index (κ3) is 3.85. The average Bonchev–Trinajstić information content (AvgIpc) is 3.48. The van der Waals surface area contributed by atoms with Crippen molar-refractivity contribution in [1.82, 2.24) is 24.4 Å². The molecule has 1 N–H and O–H groups in total. The minimum absolute atomic E-state index is 0.102. The zero-order valence-corrected chi connectivity index (χ0v) is 17.3. The highest BCUT2D eigenvalue weighted by atomic mass is 32.2. The summed E-state index contributed by atoms with van der Waals surface area (Å²) in [5.74, 6) is 0.326. The zero-order valence-electron chi connectivity index (χ0n) is 15.7. The van der Waals surface area contributed by atoms with Crippen LogP contribution in [0.25, 0.3) is 0 Å². The highest BCUT2D eigenvalue weighted by Gasteiger charge is 2.32. The first kappa shape index (κ1) is 19.5. The van der Waals surface area contributed by atoms with E-state index in [-0.39, 0.29) is 22.2 Å². The first-order valence-corrected chi connectivity index (χ1v) is 12.1. The molecule has 1 amide bonds. The molecule has 4 rings (SSSR count). The van der Waals surface area contributed by atoms with Crippen LogP contribution in [0.4, 0.5) is 0 Å². The third-order valence-corrected chi connectivity index (χ3v) is 8.52. The molecule has 3 heterocycles. The van der Waals surface area contributed by atoms with Gasteiger partial charge in [0.1, 0.15) is 16.1 Å². The van der Waals surface area contributed by atoms with Gasteiger partial charge in [0.15, 0.2) is 5.82 Å². The van der Waals surface area contributed by atoms with Gasteiger partial charge < -0.3 is 9.88 Å². The number of nitrogens with one attached hydrogen (secondary N) is 1. The van der Waals surface area contributed by atoms with Crippen molar-refractivity contribution in [3.63, 3.8) is 0 Å². The fourth-order valence-corrected chi connectivity index (χ4v) is 6.86. The van der Waals surface area contributed by atoms with Gasteiger partial charge in [-0.2, -0.15) is 4.31 Å². The second kappa shape index (κ2) is 8.30. The average molecular weight is 424 g/mol. The fourth-order valence-electron chi connectivity index (χ4n) is 4.03. The predicted molar refractivity (Wildman–Crippen MR) is 106 cm³/mol. The van der Waals surface area contributed by atoms with E-state index < -0.39 is 10.0 Å². The van der Waals surface area contributed by atoms with E-state index in [0.717, 1.165) is 37.0 Å². The standard InChI is InChI=1S/C18H25N5O3S2/c24-18(17-15(8-11-27-17)28(25,26)22-9-4-5-10-22)19-12-16-21-20-13-23(16)14-6-2-1-3-7-14/h8,11,13-14H,1-7,9-10,12H2,(H,19,24). The topological polar surface area (TPSA) is 97.2 Å². The molecule has 8 nitrogen and oxygen atoms in total. The van der Waals surface area contributed by atoms with Crippen molar-refractivity contribution >= 4 is 27.3 Å². The Morgan fingerprint density at radius 3 is 2.68 bits per heavy atom. The fraction of sp³-hybridized carbons (Fsp3) is 0.611. The lowest BCUT2D eigenvalue weighted by atomic mass is 9.95. The number of aromatic nitrogens is 3. The molecule has 28 heavy (non-hydrogen) atoms. The van der Waals surface area contributed by atoms with Gasteiger partial charge in [-0.25, -0.2) is 8.42 Å². The van der Waals surface area contributed by atoms with Gasteiger partial charge in [0.2, 0.25) is 10.0 Å². The molecule has 2 aromatic rings. The van der Waals surface area contributed by atoms with Crippen molar-refractivity contribution in [3.05, 3.63) is 28.5 Å². The summed E-state index contributed by atoms with van der Waals surface area (Å²) in [6.07, 6.45) is 9.31. The molecule has 2 fully saturated rings. The number of rotatable bonds is 6. The first-order chi connectivity index (χ1) is 13.6. The molecule has 2 aromatic heterocycles. The van der Waals surface area contributed by atoms with Crippen LogP contribution in [0.1, 0.15) is 66.5 Å². The lowest BCUT2D eigenvalue weighted by molar-refractivity contribution is 0.0950. The first-order valence-electron chi connectivity index (χ1n) is 9.81. The Hall–Kier alpha value is -1.78. The van der Waals surface area contributed by atoms with E-state index in [9.17, 15) is 13.2 Å². The molecule has 0 radical (unpaired) electrons. The molecule has 1 saturated carbocycles. The van der Waals surface area contributed by atoms with Crippen LogP contribution in [-0.2, 0) is 16.6 Å². The second-order valence-electron chi connectivity index (χ2n) is 7.35. The molecule has 1 aliphatic carbocycles. The van der Waals surface area contributed by atoms with Crippen LogP contribution in [0.5, 0.6) is 0 Å². The number of amides is 1. The summed E-state index contributed by atoms with van der Waals surface area (Å²) in [5, 5.41) is 12.7. The van der Waals surface area contributed by atoms with Gasteiger partial charge in [0.05, 0.1) is 6.54 Å². The summed E-state index contributed by atoms with van der Waals surface area (Å²) in [7, 11) is -3.62. The van der Waals surface area contributed by atoms with E-state index in [1.165, 1.54) is 29.6 Å². The van der Waals surface area contributed by atoms with Crippen LogP contribution in [0.3, 0.4) is 0 Å². The molecule has 1 aliphatic heterocycles. The van der Waals surface area contributed by atoms with E-state index in [1.807, 2.05) is 0 Å². The van der Waals surface area contributed by atoms with Crippen molar-refractivity contribution in [1.29, 1.82) is 0 Å². The minimum Gasteiger partial charge on any atom is -0.344 e. The summed E-state index contributed by atoms with van der Waals surface area (Å²) in [5.41, 5.74) is 0. The number of hydrogen-bond acceptors (Lipinski definition) is 6. The molecular weight excluding hydrogens is 398 g/mol. The van der Waals surface area contributed by atoms with E-state index in [1.54, 1.807) is 11.7 Å². The Morgan fingerprint density at radius 2 is 1.93 bits per heavy atom. The second-order valence-corrected chi connectivity index (χ2v) is 10.2. The Balaban J connectivity index is 1.46. The quantitative estimate of drug-likeness (QED) is 0.770. The Bertz CT molecular complexity index is 925. The Morgan fingerprint density at radius 1 is 1.18 bits per heavy atom. The van der Waals surface area contributed by atoms with Gasteiger partial charge in [0, 0.05) is 19.1 Å². The predicted octanol–water partition coefficient (Wildman–Crippen LogP) is 2.56. The van der Waals surface area contributed by atoms with Crippen molar-refractivity contribution in [3.8, 4) is 0 Å². The number of carbonyl (C=O) groups is 1. The van der Waals surface area contributed by atoms with E-state index in [0.29, 0.717) is 25.0 Å². The van der Waals surface area contributed by atoms with Crippen LogP contribution in [0.2, 0.25) is 0 Å². The lowest BCUT2D eigenvalue weighted by Gasteiger charge is -2.24. The largest absolute Gasteiger partial charge is 0.344 e. The number of sulfonamides is 1. The van der Waals surface area contributed by atoms with Crippen LogP contribution < -0.4 is 5.32 Å². The van der Waals surface area contributed by atoms with Gasteiger partial charge in [-0.15, -0.1) is 21.5 Å². The maximum Gasteiger partial charge on any atom is 0.263 e. The Labute approximate surface area is 169 Å². The molecule has 0 bridgehead atoms. The number of nitrogens with zero attached hydrogens (tertiary/aromatic N) is 4. The van der Waals surface area contributed by atoms with Crippen molar-refractivity contribution < 1.29 is 13.2 Å². The van der Waals surface area contributed by atoms with E-state index in [4.69, 9.17) is 0 Å². The highest BCUT2D eigenvalue weighted by Crippen LogP contribution is 2.29. The summed E-state index contributed by atoms with van der Waals surface area (Å²) in [6, 6.07) is 1.90. The molecule has 152 valence electrons. The molecule has 0 spiro atoms. The molecular formula is C18H25N5O3S2. The van der Waals surface area contributed by atoms with Crippen LogP contribution in [0, 0.1) is 0 Å². The maximum absolute atomic E-state index is 12.8. The van der Waals surface area contributed by atoms with Crippen LogP contribution >= 0.6 is 11.3 Å². The number of hydrogen-bond donors (Lipinski definition) is 1. The zero-order chi connectivity index (χ0) is 19.6. The smallest absolute Gasteiger partial charge is 0.263 e. The molecule has 0 unspecified atom stereocenters. The number of carbonyl (C=O) groups excluding carboxylic acids is 1. The summed E-state index contributed by atoms with van der Waals surface area (Å²) >= 11 is 1.15. The van der Waals surface area contributed by atoms with Gasteiger partial charge in [-0.1, -0.05) is 19.3 Å². The third-order valence-electron chi connectivity index (χ3n) is 5.54. The molecule has 10 heteroatoms. The van der Waals surface area contributed by atoms with Crippen molar-refractivity contribution in [2.45, 2.75) is 62.4 Å². The van der Waals surface area contributed by atoms with Gasteiger partial charge in [0.25, 0.3) is 5.91 Å². The van der Waals surface area contributed by atoms with E-state index >= 15 is 0 Å². The van der Waals surface area contributed by atoms with Crippen LogP contribution in [-0.4, -0.2) is 46.5 Å². The molecule has 0 aromatic carbocycles. The van der Waals surface area contributed by atoms with Crippen LogP contribution in [0.15, 0.2) is 22.7 Å². The van der Waals surface area contributed by atoms with Crippen molar-refractivity contribution in [2.75, 3.05) is 13.1 Å². The normalized spacial score (nSPS) is 19.1. The summed E-state index contributed by atoms with van der Waals surface area (Å²) < 4.78 is 29.2. The van der Waals surface area contributed by atoms with Crippen molar-refractivity contribution in [2.24, 2.45) is 0 Å². The monoisotopic (exact) mass is 423 g/mol. The SMILES string of the molecule is O=C(NCc1nncn1C1CCCCC1)c1sccc1S(=O)(=O)N1CCCC1. The van der Waals surface area contributed by atoms with Gasteiger partial charge >= 0.3 is 0 Å². The summed E-state index contributed by atoms with van der Waals surface area (Å²) in [4.78, 5) is 13.1. The number of thiophene rings is 1. The Kier molecular flexibility index (Phi) is 5.79. The van der Waals surface area contributed by atoms with Gasteiger partial charge in [-0.3, -0.25) is 4.79 Å². The minimum atomic E-state index is -3.62.